The van der Waals surface area contributed by atoms with E-state index in [-0.39, 0.29) is 6.03 Å². The van der Waals surface area contributed by atoms with Crippen molar-refractivity contribution >= 4 is 49.9 Å². The second kappa shape index (κ2) is 8.73. The lowest BCUT2D eigenvalue weighted by atomic mass is 10.1. The Morgan fingerprint density at radius 2 is 1.81 bits per heavy atom. The van der Waals surface area contributed by atoms with Crippen molar-refractivity contribution in [1.82, 2.24) is 9.97 Å². The van der Waals surface area contributed by atoms with Crippen LogP contribution in [0.4, 0.5) is 16.2 Å². The first kappa shape index (κ1) is 20.8. The van der Waals surface area contributed by atoms with E-state index in [1.54, 1.807) is 6.26 Å². The second-order valence-corrected chi connectivity index (χ2v) is 8.03. The van der Waals surface area contributed by atoms with Gasteiger partial charge in [0.15, 0.2) is 5.76 Å². The molecule has 7 heteroatoms. The molecule has 0 spiro atoms. The maximum atomic E-state index is 12.5. The summed E-state index contributed by atoms with van der Waals surface area (Å²) in [6.07, 6.45) is 3.62. The molecule has 2 heterocycles. The number of nitrogens with one attached hydrogen (secondary N) is 2. The van der Waals surface area contributed by atoms with E-state index in [1.165, 1.54) is 0 Å². The first-order valence-corrected chi connectivity index (χ1v) is 10.6. The molecule has 0 saturated carbocycles. The van der Waals surface area contributed by atoms with Crippen LogP contribution in [0.5, 0.6) is 0 Å². The molecular weight excluding hydrogens is 456 g/mol. The zero-order chi connectivity index (χ0) is 22.0. The molecule has 31 heavy (non-hydrogen) atoms. The van der Waals surface area contributed by atoms with Crippen LogP contribution in [0.15, 0.2) is 69.8 Å². The van der Waals surface area contributed by atoms with Crippen molar-refractivity contribution in [3.63, 3.8) is 0 Å². The quantitative estimate of drug-likeness (QED) is 0.331. The normalized spacial score (nSPS) is 11.5. The molecule has 6 nitrogen and oxygen atoms in total. The lowest BCUT2D eigenvalue weighted by molar-refractivity contribution is 0.262. The van der Waals surface area contributed by atoms with Gasteiger partial charge in [-0.2, -0.15) is 0 Å². The zero-order valence-corrected chi connectivity index (χ0v) is 18.9. The van der Waals surface area contributed by atoms with Crippen molar-refractivity contribution in [1.29, 1.82) is 0 Å². The van der Waals surface area contributed by atoms with Crippen LogP contribution in [0.3, 0.4) is 0 Å². The van der Waals surface area contributed by atoms with Gasteiger partial charge in [0, 0.05) is 15.8 Å². The SMILES string of the molecule is CC=C(C)c1nc2c(C)cc(NC(=O)Nc3ccc(Br)cc3)cc2nc1-c1ccco1. The summed E-state index contributed by atoms with van der Waals surface area (Å²) in [4.78, 5) is 22.2. The molecule has 0 radical (unpaired) electrons. The third kappa shape index (κ3) is 4.51. The van der Waals surface area contributed by atoms with Gasteiger partial charge in [0.2, 0.25) is 0 Å². The van der Waals surface area contributed by atoms with Gasteiger partial charge in [0.05, 0.1) is 23.0 Å². The molecule has 0 aliphatic rings. The fourth-order valence-electron chi connectivity index (χ4n) is 3.23. The first-order chi connectivity index (χ1) is 14.9. The van der Waals surface area contributed by atoms with Crippen molar-refractivity contribution in [2.24, 2.45) is 0 Å². The van der Waals surface area contributed by atoms with E-state index < -0.39 is 0 Å². The highest BCUT2D eigenvalue weighted by molar-refractivity contribution is 9.10. The van der Waals surface area contributed by atoms with E-state index in [0.29, 0.717) is 28.3 Å². The minimum absolute atomic E-state index is 0.332. The average Bonchev–Trinajstić information content (AvgIpc) is 3.29. The van der Waals surface area contributed by atoms with Crippen LogP contribution >= 0.6 is 15.9 Å². The number of fused-ring (bicyclic) bond motifs is 1. The summed E-state index contributed by atoms with van der Waals surface area (Å²) in [6, 6.07) is 14.4. The Morgan fingerprint density at radius 3 is 2.48 bits per heavy atom. The summed E-state index contributed by atoms with van der Waals surface area (Å²) >= 11 is 3.38. The summed E-state index contributed by atoms with van der Waals surface area (Å²) in [5.74, 6) is 0.648. The first-order valence-electron chi connectivity index (χ1n) is 9.77. The smallest absolute Gasteiger partial charge is 0.323 e. The second-order valence-electron chi connectivity index (χ2n) is 7.12. The van der Waals surface area contributed by atoms with E-state index in [1.807, 2.05) is 75.4 Å². The van der Waals surface area contributed by atoms with Gasteiger partial charge >= 0.3 is 6.03 Å². The third-order valence-electron chi connectivity index (χ3n) is 4.88. The maximum absolute atomic E-state index is 12.5. The number of aryl methyl sites for hydroxylation is 1. The number of hydrogen-bond acceptors (Lipinski definition) is 4. The van der Waals surface area contributed by atoms with Crippen LogP contribution in [0, 0.1) is 6.92 Å². The number of benzene rings is 2. The molecule has 2 amide bonds. The van der Waals surface area contributed by atoms with Gasteiger partial charge in [-0.3, -0.25) is 0 Å². The number of carbonyl (C=O) groups excluding carboxylic acids is 1. The van der Waals surface area contributed by atoms with Crippen molar-refractivity contribution in [3.8, 4) is 11.5 Å². The van der Waals surface area contributed by atoms with Crippen LogP contribution in [0.2, 0.25) is 0 Å². The van der Waals surface area contributed by atoms with E-state index in [9.17, 15) is 4.79 Å². The molecule has 0 unspecified atom stereocenters. The number of halogens is 1. The number of anilines is 2. The average molecular weight is 477 g/mol. The number of nitrogens with zero attached hydrogens (tertiary/aromatic N) is 2. The molecule has 2 aromatic carbocycles. The monoisotopic (exact) mass is 476 g/mol. The Bertz CT molecular complexity index is 1280. The van der Waals surface area contributed by atoms with Gasteiger partial charge in [-0.25, -0.2) is 14.8 Å². The van der Waals surface area contributed by atoms with E-state index >= 15 is 0 Å². The van der Waals surface area contributed by atoms with Gasteiger partial charge in [0.25, 0.3) is 0 Å². The van der Waals surface area contributed by atoms with E-state index in [4.69, 9.17) is 14.4 Å². The molecule has 0 saturated heterocycles. The zero-order valence-electron chi connectivity index (χ0n) is 17.4. The van der Waals surface area contributed by atoms with Gasteiger partial charge in [0.1, 0.15) is 5.69 Å². The summed E-state index contributed by atoms with van der Waals surface area (Å²) < 4.78 is 6.54. The van der Waals surface area contributed by atoms with Crippen LogP contribution in [-0.4, -0.2) is 16.0 Å². The highest BCUT2D eigenvalue weighted by atomic mass is 79.9. The molecule has 2 aromatic heterocycles. The standard InChI is InChI=1S/C24H21BrN4O2/c1-4-14(2)22-23(20-6-5-11-31-20)28-19-13-18(12-15(3)21(19)29-22)27-24(30)26-17-9-7-16(25)8-10-17/h4-13H,1-3H3,(H2,26,27,30). The van der Waals surface area contributed by atoms with Crippen LogP contribution in [0.1, 0.15) is 25.1 Å². The fourth-order valence-corrected chi connectivity index (χ4v) is 3.49. The minimum atomic E-state index is -0.332. The van der Waals surface area contributed by atoms with Crippen LogP contribution in [0.25, 0.3) is 28.1 Å². The number of urea groups is 1. The summed E-state index contributed by atoms with van der Waals surface area (Å²) in [5, 5.41) is 5.70. The number of aromatic nitrogens is 2. The molecule has 0 atom stereocenters. The highest BCUT2D eigenvalue weighted by Crippen LogP contribution is 2.30. The minimum Gasteiger partial charge on any atom is -0.463 e. The molecular formula is C24H21BrN4O2. The third-order valence-corrected chi connectivity index (χ3v) is 5.41. The number of rotatable bonds is 4. The molecule has 0 fully saturated rings. The Hall–Kier alpha value is -3.45. The van der Waals surface area contributed by atoms with E-state index in [0.717, 1.165) is 26.8 Å². The summed E-state index contributed by atoms with van der Waals surface area (Å²) in [5.41, 5.74) is 6.17. The Morgan fingerprint density at radius 1 is 1.06 bits per heavy atom. The largest absolute Gasteiger partial charge is 0.463 e. The Balaban J connectivity index is 1.70. The van der Waals surface area contributed by atoms with Crippen molar-refractivity contribution in [2.75, 3.05) is 10.6 Å². The molecule has 4 rings (SSSR count). The molecule has 0 aliphatic carbocycles. The Labute approximate surface area is 188 Å². The number of amides is 2. The number of carbonyl (C=O) groups is 1. The molecule has 4 aromatic rings. The number of furan rings is 1. The number of allylic oxidation sites excluding steroid dienone is 2. The predicted molar refractivity (Wildman–Crippen MR) is 128 cm³/mol. The number of hydrogen-bond donors (Lipinski definition) is 2. The fraction of sp³-hybridized carbons (Fsp3) is 0.125. The van der Waals surface area contributed by atoms with Gasteiger partial charge in [-0.05, 0) is 80.4 Å². The van der Waals surface area contributed by atoms with Crippen molar-refractivity contribution in [3.05, 3.63) is 76.6 Å². The van der Waals surface area contributed by atoms with Gasteiger partial charge in [-0.1, -0.05) is 22.0 Å². The Kier molecular flexibility index (Phi) is 5.86. The van der Waals surface area contributed by atoms with Gasteiger partial charge in [-0.15, -0.1) is 0 Å². The summed E-state index contributed by atoms with van der Waals surface area (Å²) in [7, 11) is 0. The highest BCUT2D eigenvalue weighted by Gasteiger charge is 2.16. The lowest BCUT2D eigenvalue weighted by Gasteiger charge is -2.13. The van der Waals surface area contributed by atoms with Gasteiger partial charge < -0.3 is 15.1 Å². The van der Waals surface area contributed by atoms with E-state index in [2.05, 4.69) is 26.6 Å². The molecule has 2 N–H and O–H groups in total. The van der Waals surface area contributed by atoms with Crippen molar-refractivity contribution < 1.29 is 9.21 Å². The summed E-state index contributed by atoms with van der Waals surface area (Å²) in [6.45, 7) is 5.92. The topological polar surface area (TPSA) is 80.0 Å². The maximum Gasteiger partial charge on any atom is 0.323 e. The molecule has 0 bridgehead atoms. The van der Waals surface area contributed by atoms with Crippen molar-refractivity contribution in [2.45, 2.75) is 20.8 Å². The molecule has 0 aliphatic heterocycles. The lowest BCUT2D eigenvalue weighted by Crippen LogP contribution is -2.19. The van der Waals surface area contributed by atoms with Crippen LogP contribution < -0.4 is 10.6 Å². The molecule has 156 valence electrons. The predicted octanol–water partition coefficient (Wildman–Crippen LogP) is 7.03. The van der Waals surface area contributed by atoms with Crippen LogP contribution in [-0.2, 0) is 0 Å².